The van der Waals surface area contributed by atoms with Crippen LogP contribution in [0.2, 0.25) is 0 Å². The second kappa shape index (κ2) is 9.09. The first-order chi connectivity index (χ1) is 16.1. The van der Waals surface area contributed by atoms with Crippen molar-refractivity contribution in [3.63, 3.8) is 0 Å². The molecule has 0 spiro atoms. The molecule has 2 aromatic carbocycles. The van der Waals surface area contributed by atoms with E-state index in [1.807, 2.05) is 0 Å². The third kappa shape index (κ3) is 4.77. The number of benzene rings is 2. The van der Waals surface area contributed by atoms with E-state index >= 15 is 0 Å². The molecule has 2 aromatic rings. The molecule has 4 rings (SSSR count). The van der Waals surface area contributed by atoms with Gasteiger partial charge in [-0.2, -0.15) is 13.2 Å². The number of hydrogen-bond acceptors (Lipinski definition) is 5. The van der Waals surface area contributed by atoms with Gasteiger partial charge < -0.3 is 20.5 Å². The van der Waals surface area contributed by atoms with E-state index < -0.39 is 41.2 Å². The highest BCUT2D eigenvalue weighted by Crippen LogP contribution is 2.38. The molecular formula is C24H23F3N2O5. The summed E-state index contributed by atoms with van der Waals surface area (Å²) in [6.45, 7) is -0.0918. The Hall–Kier alpha value is -3.40. The average molecular weight is 476 g/mol. The molecule has 1 aliphatic carbocycles. The minimum atomic E-state index is -4.54. The van der Waals surface area contributed by atoms with Gasteiger partial charge in [0.05, 0.1) is 11.7 Å². The fraction of sp³-hybridized carbons (Fsp3) is 0.375. The fourth-order valence-electron chi connectivity index (χ4n) is 4.47. The van der Waals surface area contributed by atoms with E-state index in [1.165, 1.54) is 12.1 Å². The maximum Gasteiger partial charge on any atom is 0.416 e. The lowest BCUT2D eigenvalue weighted by molar-refractivity contribution is -0.137. The van der Waals surface area contributed by atoms with Gasteiger partial charge in [-0.25, -0.2) is 0 Å². The Morgan fingerprint density at radius 2 is 1.79 bits per heavy atom. The monoisotopic (exact) mass is 476 g/mol. The van der Waals surface area contributed by atoms with Gasteiger partial charge in [0.1, 0.15) is 23.9 Å². The number of rotatable bonds is 6. The topological polar surface area (TPSA) is 105 Å². The summed E-state index contributed by atoms with van der Waals surface area (Å²) >= 11 is 0. The number of carbonyl (C=O) groups excluding carboxylic acids is 3. The van der Waals surface area contributed by atoms with E-state index in [-0.39, 0.29) is 30.1 Å². The number of ketones is 1. The van der Waals surface area contributed by atoms with Gasteiger partial charge in [0.2, 0.25) is 5.91 Å². The zero-order valence-corrected chi connectivity index (χ0v) is 18.0. The van der Waals surface area contributed by atoms with E-state index in [4.69, 9.17) is 4.74 Å². The molecular weight excluding hydrogens is 453 g/mol. The maximum absolute atomic E-state index is 13.3. The zero-order valence-electron chi connectivity index (χ0n) is 18.0. The number of ether oxygens (including phenoxy) is 1. The number of phenolic OH excluding ortho intramolecular Hbond substituents is 1. The summed E-state index contributed by atoms with van der Waals surface area (Å²) in [7, 11) is 0. The fourth-order valence-corrected chi connectivity index (χ4v) is 4.47. The normalized spacial score (nSPS) is 22.8. The van der Waals surface area contributed by atoms with Crippen molar-refractivity contribution in [2.45, 2.75) is 49.5 Å². The van der Waals surface area contributed by atoms with E-state index in [2.05, 4.69) is 10.6 Å². The second-order valence-corrected chi connectivity index (χ2v) is 8.55. The van der Waals surface area contributed by atoms with E-state index in [0.717, 1.165) is 24.3 Å². The lowest BCUT2D eigenvalue weighted by Gasteiger charge is -2.30. The highest BCUT2D eigenvalue weighted by molar-refractivity contribution is 6.00. The molecule has 0 radical (unpaired) electrons. The lowest BCUT2D eigenvalue weighted by Crippen LogP contribution is -2.60. The van der Waals surface area contributed by atoms with Gasteiger partial charge in [0.15, 0.2) is 5.78 Å². The number of aromatic hydroxyl groups is 1. The van der Waals surface area contributed by atoms with Crippen molar-refractivity contribution in [2.75, 3.05) is 6.61 Å². The summed E-state index contributed by atoms with van der Waals surface area (Å²) < 4.78 is 44.0. The van der Waals surface area contributed by atoms with Crippen molar-refractivity contribution < 1.29 is 37.4 Å². The minimum absolute atomic E-state index is 0.0277. The molecule has 10 heteroatoms. The number of halogens is 3. The van der Waals surface area contributed by atoms with Crippen LogP contribution in [0.5, 0.6) is 5.75 Å². The predicted octanol–water partition coefficient (Wildman–Crippen LogP) is 2.76. The number of hydrogen-bond donors (Lipinski definition) is 3. The largest absolute Gasteiger partial charge is 0.508 e. The van der Waals surface area contributed by atoms with Crippen LogP contribution in [0, 0.1) is 0 Å². The molecule has 1 saturated carbocycles. The van der Waals surface area contributed by atoms with Crippen LogP contribution in [-0.2, 0) is 26.9 Å². The average Bonchev–Trinajstić information content (AvgIpc) is 3.33. The number of alkyl halides is 3. The molecule has 2 fully saturated rings. The Morgan fingerprint density at radius 1 is 1.12 bits per heavy atom. The van der Waals surface area contributed by atoms with Crippen molar-refractivity contribution >= 4 is 17.6 Å². The first-order valence-corrected chi connectivity index (χ1v) is 10.8. The molecule has 7 nitrogen and oxygen atoms in total. The summed E-state index contributed by atoms with van der Waals surface area (Å²) in [6.07, 6.45) is -3.16. The molecule has 1 saturated heterocycles. The number of amides is 2. The van der Waals surface area contributed by atoms with Crippen LogP contribution in [0.1, 0.15) is 40.7 Å². The van der Waals surface area contributed by atoms with Crippen molar-refractivity contribution in [1.82, 2.24) is 10.6 Å². The lowest BCUT2D eigenvalue weighted by atomic mass is 9.91. The standard InChI is InChI=1S/C24H23F3N2O5/c25-24(26,27)16-7-5-15(6-8-16)21(32)28-18(12-14-3-9-17(30)10-4-14)22(33)29-23-11-1-2-20(23)34-13-19(23)31/h3-10,18,20,30H,1-2,11-13H2,(H,28,32)(H,29,33). The van der Waals surface area contributed by atoms with E-state index in [0.29, 0.717) is 24.8 Å². The molecule has 3 atom stereocenters. The van der Waals surface area contributed by atoms with Crippen LogP contribution in [0.15, 0.2) is 48.5 Å². The molecule has 3 unspecified atom stereocenters. The zero-order chi connectivity index (χ0) is 24.5. The number of carbonyl (C=O) groups is 3. The van der Waals surface area contributed by atoms with Crippen molar-refractivity contribution in [2.24, 2.45) is 0 Å². The van der Waals surface area contributed by atoms with Gasteiger partial charge in [-0.15, -0.1) is 0 Å². The molecule has 0 aromatic heterocycles. The molecule has 180 valence electrons. The van der Waals surface area contributed by atoms with Gasteiger partial charge in [0, 0.05) is 12.0 Å². The number of Topliss-reactive ketones (excluding diaryl/α,β-unsaturated/α-hetero) is 1. The Morgan fingerprint density at radius 3 is 2.44 bits per heavy atom. The summed E-state index contributed by atoms with van der Waals surface area (Å²) in [6, 6.07) is 8.57. The van der Waals surface area contributed by atoms with Gasteiger partial charge in [0.25, 0.3) is 5.91 Å². The highest BCUT2D eigenvalue weighted by Gasteiger charge is 2.55. The Labute approximate surface area is 193 Å². The summed E-state index contributed by atoms with van der Waals surface area (Å²) in [4.78, 5) is 38.6. The number of nitrogens with one attached hydrogen (secondary N) is 2. The van der Waals surface area contributed by atoms with Gasteiger partial charge in [-0.1, -0.05) is 12.1 Å². The summed E-state index contributed by atoms with van der Waals surface area (Å²) in [5.74, 6) is -1.53. The van der Waals surface area contributed by atoms with Crippen molar-refractivity contribution in [3.8, 4) is 5.75 Å². The van der Waals surface area contributed by atoms with Crippen LogP contribution >= 0.6 is 0 Å². The van der Waals surface area contributed by atoms with Crippen molar-refractivity contribution in [3.05, 3.63) is 65.2 Å². The summed E-state index contributed by atoms with van der Waals surface area (Å²) in [5.41, 5.74) is -1.45. The molecule has 3 N–H and O–H groups in total. The quantitative estimate of drug-likeness (QED) is 0.595. The SMILES string of the molecule is O=C(NC(Cc1ccc(O)cc1)C(=O)NC12CCCC1OCC2=O)c1ccc(C(F)(F)F)cc1. The van der Waals surface area contributed by atoms with Gasteiger partial charge in [-0.05, 0) is 61.2 Å². The molecule has 0 bridgehead atoms. The highest BCUT2D eigenvalue weighted by atomic mass is 19.4. The molecule has 2 aliphatic rings. The third-order valence-corrected chi connectivity index (χ3v) is 6.32. The molecule has 2 amide bonds. The third-order valence-electron chi connectivity index (χ3n) is 6.32. The number of fused-ring (bicyclic) bond motifs is 1. The first-order valence-electron chi connectivity index (χ1n) is 10.8. The van der Waals surface area contributed by atoms with Gasteiger partial charge >= 0.3 is 6.18 Å². The van der Waals surface area contributed by atoms with Crippen LogP contribution in [0.4, 0.5) is 13.2 Å². The Balaban J connectivity index is 1.55. The first kappa shape index (κ1) is 23.7. The molecule has 1 aliphatic heterocycles. The van der Waals surface area contributed by atoms with Crippen LogP contribution in [0.25, 0.3) is 0 Å². The maximum atomic E-state index is 13.3. The molecule has 1 heterocycles. The summed E-state index contributed by atoms with van der Waals surface area (Å²) in [5, 5.41) is 14.9. The predicted molar refractivity (Wildman–Crippen MR) is 114 cm³/mol. The van der Waals surface area contributed by atoms with Crippen LogP contribution in [-0.4, -0.2) is 47.0 Å². The van der Waals surface area contributed by atoms with Crippen LogP contribution < -0.4 is 10.6 Å². The number of phenols is 1. The van der Waals surface area contributed by atoms with E-state index in [1.54, 1.807) is 12.1 Å². The Kier molecular flexibility index (Phi) is 6.35. The van der Waals surface area contributed by atoms with E-state index in [9.17, 15) is 32.7 Å². The second-order valence-electron chi connectivity index (χ2n) is 8.55. The minimum Gasteiger partial charge on any atom is -0.508 e. The van der Waals surface area contributed by atoms with Gasteiger partial charge in [-0.3, -0.25) is 14.4 Å². The van der Waals surface area contributed by atoms with Crippen LogP contribution in [0.3, 0.4) is 0 Å². The smallest absolute Gasteiger partial charge is 0.416 e. The van der Waals surface area contributed by atoms with Crippen molar-refractivity contribution in [1.29, 1.82) is 0 Å². The molecule has 34 heavy (non-hydrogen) atoms. The Bertz CT molecular complexity index is 1090.